The van der Waals surface area contributed by atoms with Crippen molar-refractivity contribution in [1.82, 2.24) is 5.32 Å². The lowest BCUT2D eigenvalue weighted by Gasteiger charge is -2.25. The smallest absolute Gasteiger partial charge is 0.123 e. The summed E-state index contributed by atoms with van der Waals surface area (Å²) in [6.45, 7) is 2.80. The molecule has 0 aromatic heterocycles. The molecule has 1 saturated heterocycles. The summed E-state index contributed by atoms with van der Waals surface area (Å²) >= 11 is 6.13. The van der Waals surface area contributed by atoms with Gasteiger partial charge in [-0.05, 0) is 56.0 Å². The fraction of sp³-hybridized carbons (Fsp3) is 0.600. The Kier molecular flexibility index (Phi) is 5.49. The highest BCUT2D eigenvalue weighted by Crippen LogP contribution is 2.31. The molecule has 2 rings (SSSR count). The highest BCUT2D eigenvalue weighted by Gasteiger charge is 2.19. The molecule has 0 aliphatic carbocycles. The highest BCUT2D eigenvalue weighted by atomic mass is 35.5. The number of benzene rings is 1. The van der Waals surface area contributed by atoms with Crippen LogP contribution in [0.1, 0.15) is 24.0 Å². The van der Waals surface area contributed by atoms with Crippen LogP contribution in [0.5, 0.6) is 5.75 Å². The maximum Gasteiger partial charge on any atom is 0.123 e. The van der Waals surface area contributed by atoms with Gasteiger partial charge in [0.15, 0.2) is 0 Å². The van der Waals surface area contributed by atoms with Crippen molar-refractivity contribution in [3.05, 3.63) is 28.3 Å². The number of methoxy groups -OCH3 is 2. The summed E-state index contributed by atoms with van der Waals surface area (Å²) in [4.78, 5) is 0. The fourth-order valence-electron chi connectivity index (χ4n) is 2.75. The van der Waals surface area contributed by atoms with Crippen LogP contribution in [0.4, 0.5) is 0 Å². The summed E-state index contributed by atoms with van der Waals surface area (Å²) in [6, 6.07) is 3.88. The van der Waals surface area contributed by atoms with Crippen LogP contribution in [0.15, 0.2) is 12.1 Å². The number of piperidine rings is 1. The minimum Gasteiger partial charge on any atom is -0.496 e. The van der Waals surface area contributed by atoms with Crippen molar-refractivity contribution in [2.45, 2.75) is 25.9 Å². The van der Waals surface area contributed by atoms with E-state index in [1.807, 2.05) is 12.1 Å². The first kappa shape index (κ1) is 14.6. The third kappa shape index (κ3) is 3.85. The summed E-state index contributed by atoms with van der Waals surface area (Å²) in [5, 5.41) is 4.16. The van der Waals surface area contributed by atoms with Gasteiger partial charge in [0.2, 0.25) is 0 Å². The van der Waals surface area contributed by atoms with Gasteiger partial charge in [0, 0.05) is 17.7 Å². The van der Waals surface area contributed by atoms with Crippen molar-refractivity contribution < 1.29 is 9.47 Å². The lowest BCUT2D eigenvalue weighted by Crippen LogP contribution is -2.31. The van der Waals surface area contributed by atoms with E-state index in [9.17, 15) is 0 Å². The van der Waals surface area contributed by atoms with Crippen molar-refractivity contribution in [2.24, 2.45) is 5.92 Å². The lowest BCUT2D eigenvalue weighted by molar-refractivity contribution is 0.183. The van der Waals surface area contributed by atoms with Gasteiger partial charge < -0.3 is 14.8 Å². The van der Waals surface area contributed by atoms with E-state index in [2.05, 4.69) is 5.32 Å². The Morgan fingerprint density at radius 2 is 2.21 bits per heavy atom. The van der Waals surface area contributed by atoms with E-state index >= 15 is 0 Å². The van der Waals surface area contributed by atoms with Gasteiger partial charge in [-0.15, -0.1) is 0 Å². The molecule has 1 aliphatic rings. The number of hydrogen-bond donors (Lipinski definition) is 1. The van der Waals surface area contributed by atoms with E-state index in [1.54, 1.807) is 14.2 Å². The number of nitrogens with one attached hydrogen (secondary N) is 1. The SMILES string of the molecule is COCc1cc(Cl)cc(OC)c1CC1CCCNC1. The second kappa shape index (κ2) is 7.13. The molecule has 4 heteroatoms. The van der Waals surface area contributed by atoms with Crippen molar-refractivity contribution in [2.75, 3.05) is 27.3 Å². The predicted octanol–water partition coefficient (Wildman–Crippen LogP) is 3.04. The van der Waals surface area contributed by atoms with E-state index in [4.69, 9.17) is 21.1 Å². The van der Waals surface area contributed by atoms with E-state index < -0.39 is 0 Å². The molecule has 1 aliphatic heterocycles. The molecule has 1 fully saturated rings. The highest BCUT2D eigenvalue weighted by molar-refractivity contribution is 6.30. The van der Waals surface area contributed by atoms with Crippen LogP contribution in [-0.2, 0) is 17.8 Å². The largest absolute Gasteiger partial charge is 0.496 e. The number of hydrogen-bond acceptors (Lipinski definition) is 3. The molecule has 1 heterocycles. The molecule has 0 spiro atoms. The Morgan fingerprint density at radius 3 is 2.84 bits per heavy atom. The third-order valence-electron chi connectivity index (χ3n) is 3.68. The zero-order chi connectivity index (χ0) is 13.7. The summed E-state index contributed by atoms with van der Waals surface area (Å²) in [6.07, 6.45) is 3.54. The van der Waals surface area contributed by atoms with Gasteiger partial charge in [-0.3, -0.25) is 0 Å². The van der Waals surface area contributed by atoms with Crippen molar-refractivity contribution >= 4 is 11.6 Å². The summed E-state index contributed by atoms with van der Waals surface area (Å²) < 4.78 is 10.8. The minimum absolute atomic E-state index is 0.576. The van der Waals surface area contributed by atoms with Crippen LogP contribution >= 0.6 is 11.6 Å². The Bertz CT molecular complexity index is 417. The van der Waals surface area contributed by atoms with Crippen LogP contribution in [0, 0.1) is 5.92 Å². The van der Waals surface area contributed by atoms with Gasteiger partial charge in [-0.1, -0.05) is 11.6 Å². The van der Waals surface area contributed by atoms with Gasteiger partial charge in [0.1, 0.15) is 5.75 Å². The summed E-state index contributed by atoms with van der Waals surface area (Å²) in [5.41, 5.74) is 2.37. The normalized spacial score (nSPS) is 19.4. The van der Waals surface area contributed by atoms with E-state index in [0.717, 1.165) is 30.8 Å². The average Bonchev–Trinajstić information content (AvgIpc) is 2.43. The zero-order valence-corrected chi connectivity index (χ0v) is 12.4. The van der Waals surface area contributed by atoms with Gasteiger partial charge >= 0.3 is 0 Å². The first-order valence-electron chi connectivity index (χ1n) is 6.79. The molecule has 0 radical (unpaired) electrons. The quantitative estimate of drug-likeness (QED) is 0.901. The maximum atomic E-state index is 6.13. The van der Waals surface area contributed by atoms with Crippen molar-refractivity contribution in [3.8, 4) is 5.75 Å². The molecule has 106 valence electrons. The predicted molar refractivity (Wildman–Crippen MR) is 78.0 cm³/mol. The Hall–Kier alpha value is -0.770. The molecule has 1 aromatic carbocycles. The number of ether oxygens (including phenoxy) is 2. The molecular formula is C15H22ClNO2. The maximum absolute atomic E-state index is 6.13. The topological polar surface area (TPSA) is 30.5 Å². The van der Waals surface area contributed by atoms with Crippen molar-refractivity contribution in [1.29, 1.82) is 0 Å². The van der Waals surface area contributed by atoms with Crippen LogP contribution in [0.25, 0.3) is 0 Å². The van der Waals surface area contributed by atoms with Crippen LogP contribution in [0.2, 0.25) is 5.02 Å². The third-order valence-corrected chi connectivity index (χ3v) is 3.90. The zero-order valence-electron chi connectivity index (χ0n) is 11.7. The van der Waals surface area contributed by atoms with Crippen molar-refractivity contribution in [3.63, 3.8) is 0 Å². The first-order valence-corrected chi connectivity index (χ1v) is 7.17. The molecule has 0 bridgehead atoms. The molecule has 1 aromatic rings. The Balaban J connectivity index is 2.24. The standard InChI is InChI=1S/C15H22ClNO2/c1-18-10-12-7-13(16)8-15(19-2)14(12)6-11-4-3-5-17-9-11/h7-8,11,17H,3-6,9-10H2,1-2H3. The summed E-state index contributed by atoms with van der Waals surface area (Å²) in [7, 11) is 3.41. The van der Waals surface area contributed by atoms with Crippen LogP contribution in [-0.4, -0.2) is 27.3 Å². The average molecular weight is 284 g/mol. The van der Waals surface area contributed by atoms with E-state index in [1.165, 1.54) is 18.4 Å². The fourth-order valence-corrected chi connectivity index (χ4v) is 2.98. The molecule has 1 atom stereocenters. The lowest BCUT2D eigenvalue weighted by atomic mass is 9.90. The number of rotatable bonds is 5. The Morgan fingerprint density at radius 1 is 1.37 bits per heavy atom. The van der Waals surface area contributed by atoms with Gasteiger partial charge in [0.05, 0.1) is 13.7 Å². The van der Waals surface area contributed by atoms with Gasteiger partial charge in [-0.25, -0.2) is 0 Å². The number of halogens is 1. The van der Waals surface area contributed by atoms with Gasteiger partial charge in [-0.2, -0.15) is 0 Å². The second-order valence-corrected chi connectivity index (χ2v) is 5.53. The second-order valence-electron chi connectivity index (χ2n) is 5.10. The minimum atomic E-state index is 0.576. The molecular weight excluding hydrogens is 262 g/mol. The Labute approximate surface area is 120 Å². The van der Waals surface area contributed by atoms with Gasteiger partial charge in [0.25, 0.3) is 0 Å². The summed E-state index contributed by atoms with van der Waals surface area (Å²) in [5.74, 6) is 1.55. The monoisotopic (exact) mass is 283 g/mol. The molecule has 3 nitrogen and oxygen atoms in total. The molecule has 0 amide bonds. The molecule has 0 saturated carbocycles. The van der Waals surface area contributed by atoms with E-state index in [-0.39, 0.29) is 0 Å². The van der Waals surface area contributed by atoms with Crippen LogP contribution in [0.3, 0.4) is 0 Å². The van der Waals surface area contributed by atoms with Crippen LogP contribution < -0.4 is 10.1 Å². The van der Waals surface area contributed by atoms with E-state index in [0.29, 0.717) is 17.5 Å². The molecule has 1 N–H and O–H groups in total. The molecule has 1 unspecified atom stereocenters. The first-order chi connectivity index (χ1) is 9.24. The molecule has 19 heavy (non-hydrogen) atoms.